The zero-order valence-electron chi connectivity index (χ0n) is 12.1. The first-order valence-electron chi connectivity index (χ1n) is 7.29. The molecule has 1 N–H and O–H groups in total. The highest BCUT2D eigenvalue weighted by Crippen LogP contribution is 2.27. The van der Waals surface area contributed by atoms with Gasteiger partial charge in [-0.25, -0.2) is 9.07 Å². The van der Waals surface area contributed by atoms with E-state index in [0.29, 0.717) is 5.69 Å². The van der Waals surface area contributed by atoms with Gasteiger partial charge >= 0.3 is 0 Å². The molecule has 0 fully saturated rings. The molecule has 0 saturated heterocycles. The summed E-state index contributed by atoms with van der Waals surface area (Å²) >= 11 is 0. The van der Waals surface area contributed by atoms with Gasteiger partial charge < -0.3 is 5.32 Å². The molecule has 1 aromatic heterocycles. The Labute approximate surface area is 128 Å². The standard InChI is InChI=1S/C17H16FN3O/c1-2-11-19-17(22)16-14-5-3-4-6-15(14)21(20-16)13-9-7-12(18)8-10-13/h1,7-10H,3-6,11H2,(H,19,22). The third-order valence-corrected chi connectivity index (χ3v) is 3.82. The summed E-state index contributed by atoms with van der Waals surface area (Å²) in [7, 11) is 0. The van der Waals surface area contributed by atoms with Crippen molar-refractivity contribution in [3.05, 3.63) is 47.0 Å². The van der Waals surface area contributed by atoms with Crippen LogP contribution in [0.5, 0.6) is 0 Å². The zero-order chi connectivity index (χ0) is 15.5. The van der Waals surface area contributed by atoms with E-state index in [1.165, 1.54) is 12.1 Å². The van der Waals surface area contributed by atoms with Gasteiger partial charge in [-0.2, -0.15) is 5.10 Å². The highest BCUT2D eigenvalue weighted by Gasteiger charge is 2.25. The summed E-state index contributed by atoms with van der Waals surface area (Å²) in [5, 5.41) is 7.12. The van der Waals surface area contributed by atoms with Gasteiger partial charge in [0.25, 0.3) is 5.91 Å². The lowest BCUT2D eigenvalue weighted by molar-refractivity contribution is 0.0952. The number of halogens is 1. The second-order valence-corrected chi connectivity index (χ2v) is 5.26. The van der Waals surface area contributed by atoms with Gasteiger partial charge in [0.05, 0.1) is 12.2 Å². The number of hydrogen-bond donors (Lipinski definition) is 1. The van der Waals surface area contributed by atoms with Crippen LogP contribution in [0.4, 0.5) is 4.39 Å². The summed E-state index contributed by atoms with van der Waals surface area (Å²) in [5.74, 6) is 1.84. The molecule has 0 saturated carbocycles. The first kappa shape index (κ1) is 14.3. The molecule has 0 bridgehead atoms. The molecule has 2 aromatic rings. The molecule has 1 aliphatic carbocycles. The maximum Gasteiger partial charge on any atom is 0.272 e. The van der Waals surface area contributed by atoms with Crippen LogP contribution in [0.3, 0.4) is 0 Å². The van der Waals surface area contributed by atoms with Gasteiger partial charge in [0, 0.05) is 11.3 Å². The van der Waals surface area contributed by atoms with Crippen LogP contribution >= 0.6 is 0 Å². The fraction of sp³-hybridized carbons (Fsp3) is 0.294. The van der Waals surface area contributed by atoms with Crippen LogP contribution in [0.2, 0.25) is 0 Å². The summed E-state index contributed by atoms with van der Waals surface area (Å²) in [6.45, 7) is 0.178. The van der Waals surface area contributed by atoms with Crippen LogP contribution in [-0.4, -0.2) is 22.2 Å². The first-order chi connectivity index (χ1) is 10.7. The molecule has 0 spiro atoms. The third kappa shape index (κ3) is 2.60. The van der Waals surface area contributed by atoms with E-state index >= 15 is 0 Å². The van der Waals surface area contributed by atoms with E-state index in [4.69, 9.17) is 6.42 Å². The summed E-state index contributed by atoms with van der Waals surface area (Å²) in [6, 6.07) is 6.12. The van der Waals surface area contributed by atoms with Crippen LogP contribution in [0, 0.1) is 18.2 Å². The van der Waals surface area contributed by atoms with Gasteiger partial charge in [-0.15, -0.1) is 6.42 Å². The molecule has 3 rings (SSSR count). The number of hydrogen-bond acceptors (Lipinski definition) is 2. The van der Waals surface area contributed by atoms with E-state index in [1.807, 2.05) is 0 Å². The van der Waals surface area contributed by atoms with Gasteiger partial charge in [-0.1, -0.05) is 5.92 Å². The minimum absolute atomic E-state index is 0.178. The molecular weight excluding hydrogens is 281 g/mol. The molecular formula is C17H16FN3O. The monoisotopic (exact) mass is 297 g/mol. The quantitative estimate of drug-likeness (QED) is 0.883. The van der Waals surface area contributed by atoms with Crippen LogP contribution < -0.4 is 5.32 Å². The molecule has 4 nitrogen and oxygen atoms in total. The molecule has 1 amide bonds. The molecule has 22 heavy (non-hydrogen) atoms. The minimum Gasteiger partial charge on any atom is -0.340 e. The Morgan fingerprint density at radius 2 is 2.05 bits per heavy atom. The number of amides is 1. The van der Waals surface area contributed by atoms with Crippen molar-refractivity contribution in [2.75, 3.05) is 6.54 Å². The van der Waals surface area contributed by atoms with E-state index in [0.717, 1.165) is 42.6 Å². The Hall–Kier alpha value is -2.61. The number of aromatic nitrogens is 2. The number of carbonyl (C=O) groups excluding carboxylic acids is 1. The number of rotatable bonds is 3. The van der Waals surface area contributed by atoms with Crippen molar-refractivity contribution in [3.63, 3.8) is 0 Å². The minimum atomic E-state index is -0.295. The molecule has 0 radical (unpaired) electrons. The van der Waals surface area contributed by atoms with Crippen LogP contribution in [0.1, 0.15) is 34.6 Å². The second kappa shape index (κ2) is 6.02. The largest absolute Gasteiger partial charge is 0.340 e. The maximum absolute atomic E-state index is 13.1. The average Bonchev–Trinajstić information content (AvgIpc) is 2.93. The van der Waals surface area contributed by atoms with E-state index in [9.17, 15) is 9.18 Å². The maximum atomic E-state index is 13.1. The van der Waals surface area contributed by atoms with Crippen molar-refractivity contribution in [1.82, 2.24) is 15.1 Å². The fourth-order valence-corrected chi connectivity index (χ4v) is 2.79. The number of nitrogens with zero attached hydrogens (tertiary/aromatic N) is 2. The van der Waals surface area contributed by atoms with Crippen molar-refractivity contribution in [3.8, 4) is 18.0 Å². The molecule has 5 heteroatoms. The normalized spacial score (nSPS) is 13.3. The second-order valence-electron chi connectivity index (χ2n) is 5.26. The molecule has 1 aliphatic rings. The van der Waals surface area contributed by atoms with Gasteiger partial charge in [0.15, 0.2) is 5.69 Å². The lowest BCUT2D eigenvalue weighted by atomic mass is 9.95. The van der Waals surface area contributed by atoms with Gasteiger partial charge in [0.2, 0.25) is 0 Å². The lowest BCUT2D eigenvalue weighted by Gasteiger charge is -2.14. The lowest BCUT2D eigenvalue weighted by Crippen LogP contribution is -2.25. The van der Waals surface area contributed by atoms with Crippen molar-refractivity contribution in [1.29, 1.82) is 0 Å². The molecule has 0 aliphatic heterocycles. The highest BCUT2D eigenvalue weighted by molar-refractivity contribution is 5.94. The Morgan fingerprint density at radius 1 is 1.32 bits per heavy atom. The Bertz CT molecular complexity index is 740. The van der Waals surface area contributed by atoms with Crippen LogP contribution in [0.25, 0.3) is 5.69 Å². The summed E-state index contributed by atoms with van der Waals surface area (Å²) in [5.41, 5.74) is 3.19. The van der Waals surface area contributed by atoms with Crippen molar-refractivity contribution < 1.29 is 9.18 Å². The molecule has 0 atom stereocenters. The average molecular weight is 297 g/mol. The van der Waals surface area contributed by atoms with Gasteiger partial charge in [0.1, 0.15) is 5.82 Å². The predicted molar refractivity (Wildman–Crippen MR) is 81.3 cm³/mol. The Balaban J connectivity index is 2.04. The SMILES string of the molecule is C#CCNC(=O)c1nn(-c2ccc(F)cc2)c2c1CCCC2. The van der Waals surface area contributed by atoms with Crippen LogP contribution in [-0.2, 0) is 12.8 Å². The summed E-state index contributed by atoms with van der Waals surface area (Å²) in [4.78, 5) is 12.2. The summed E-state index contributed by atoms with van der Waals surface area (Å²) < 4.78 is 14.9. The number of carbonyl (C=O) groups is 1. The van der Waals surface area contributed by atoms with Crippen LogP contribution in [0.15, 0.2) is 24.3 Å². The number of terminal acetylenes is 1. The van der Waals surface area contributed by atoms with Crippen molar-refractivity contribution >= 4 is 5.91 Å². The van der Waals surface area contributed by atoms with E-state index in [2.05, 4.69) is 16.3 Å². The number of benzene rings is 1. The van der Waals surface area contributed by atoms with E-state index in [-0.39, 0.29) is 18.3 Å². The predicted octanol–water partition coefficient (Wildman–Crippen LogP) is 2.25. The van der Waals surface area contributed by atoms with E-state index < -0.39 is 0 Å². The van der Waals surface area contributed by atoms with Crippen molar-refractivity contribution in [2.24, 2.45) is 0 Å². The molecule has 112 valence electrons. The summed E-state index contributed by atoms with van der Waals surface area (Å²) in [6.07, 6.45) is 8.97. The molecule has 1 aromatic carbocycles. The van der Waals surface area contributed by atoms with Crippen molar-refractivity contribution in [2.45, 2.75) is 25.7 Å². The number of fused-ring (bicyclic) bond motifs is 1. The molecule has 0 unspecified atom stereocenters. The Kier molecular flexibility index (Phi) is 3.92. The first-order valence-corrected chi connectivity index (χ1v) is 7.29. The van der Waals surface area contributed by atoms with E-state index in [1.54, 1.807) is 16.8 Å². The fourth-order valence-electron chi connectivity index (χ4n) is 2.79. The molecule has 1 heterocycles. The smallest absolute Gasteiger partial charge is 0.272 e. The van der Waals surface area contributed by atoms with Gasteiger partial charge in [-0.3, -0.25) is 4.79 Å². The highest BCUT2D eigenvalue weighted by atomic mass is 19.1. The number of nitrogens with one attached hydrogen (secondary N) is 1. The third-order valence-electron chi connectivity index (χ3n) is 3.82. The topological polar surface area (TPSA) is 46.9 Å². The van der Waals surface area contributed by atoms with Gasteiger partial charge in [-0.05, 0) is 49.9 Å². The zero-order valence-corrected chi connectivity index (χ0v) is 12.1. The Morgan fingerprint density at radius 3 is 2.77 bits per heavy atom.